The van der Waals surface area contributed by atoms with E-state index in [1.807, 2.05) is 0 Å². The van der Waals surface area contributed by atoms with Crippen molar-refractivity contribution >= 4 is 17.9 Å². The Bertz CT molecular complexity index is 1310. The first-order valence-electron chi connectivity index (χ1n) is 26.7. The highest BCUT2D eigenvalue weighted by Crippen LogP contribution is 2.13. The van der Waals surface area contributed by atoms with E-state index >= 15 is 0 Å². The van der Waals surface area contributed by atoms with Gasteiger partial charge in [-0.1, -0.05) is 195 Å². The van der Waals surface area contributed by atoms with Crippen LogP contribution >= 0.6 is 0 Å². The Kier molecular flexibility index (Phi) is 50.0. The number of ether oxygens (including phenoxy) is 3. The van der Waals surface area contributed by atoms with Crippen LogP contribution in [0, 0.1) is 0 Å². The van der Waals surface area contributed by atoms with Crippen LogP contribution in [0.3, 0.4) is 0 Å². The molecule has 0 bridgehead atoms. The Morgan fingerprint density at radius 3 is 0.954 bits per heavy atom. The fraction of sp³-hybridized carbons (Fsp3) is 0.678. The fourth-order valence-corrected chi connectivity index (χ4v) is 7.02. The largest absolute Gasteiger partial charge is 0.462 e. The molecule has 0 saturated carbocycles. The third-order valence-electron chi connectivity index (χ3n) is 11.0. The van der Waals surface area contributed by atoms with Crippen molar-refractivity contribution in [3.05, 3.63) is 97.2 Å². The monoisotopic (exact) mass is 903 g/mol. The summed E-state index contributed by atoms with van der Waals surface area (Å²) in [6, 6.07) is 0. The first kappa shape index (κ1) is 61.3. The summed E-state index contributed by atoms with van der Waals surface area (Å²) >= 11 is 0. The lowest BCUT2D eigenvalue weighted by atomic mass is 10.1. The van der Waals surface area contributed by atoms with Crippen molar-refractivity contribution in [1.29, 1.82) is 0 Å². The normalized spacial score (nSPS) is 12.8. The highest BCUT2D eigenvalue weighted by atomic mass is 16.6. The van der Waals surface area contributed by atoms with Crippen LogP contribution in [0.4, 0.5) is 0 Å². The zero-order chi connectivity index (χ0) is 47.2. The Hall–Kier alpha value is -3.67. The summed E-state index contributed by atoms with van der Waals surface area (Å²) in [7, 11) is 0. The van der Waals surface area contributed by atoms with Gasteiger partial charge in [0.15, 0.2) is 6.10 Å². The topological polar surface area (TPSA) is 78.9 Å². The molecule has 0 aromatic carbocycles. The van der Waals surface area contributed by atoms with Gasteiger partial charge in [0, 0.05) is 19.3 Å². The molecular weight excluding hydrogens is 805 g/mol. The highest BCUT2D eigenvalue weighted by molar-refractivity contribution is 5.71. The minimum absolute atomic E-state index is 0.0942. The lowest BCUT2D eigenvalue weighted by Gasteiger charge is -2.18. The van der Waals surface area contributed by atoms with Crippen LogP contribution in [0.1, 0.15) is 239 Å². The second-order valence-corrected chi connectivity index (χ2v) is 17.4. The summed E-state index contributed by atoms with van der Waals surface area (Å²) in [6.45, 7) is 6.43. The van der Waals surface area contributed by atoms with Gasteiger partial charge in [-0.05, 0) is 122 Å². The Morgan fingerprint density at radius 2 is 0.600 bits per heavy atom. The summed E-state index contributed by atoms with van der Waals surface area (Å²) in [4.78, 5) is 38.0. The van der Waals surface area contributed by atoms with Gasteiger partial charge in [0.1, 0.15) is 13.2 Å². The van der Waals surface area contributed by atoms with Gasteiger partial charge in [0.05, 0.1) is 0 Å². The number of hydrogen-bond donors (Lipinski definition) is 0. The van der Waals surface area contributed by atoms with E-state index in [-0.39, 0.29) is 31.1 Å². The van der Waals surface area contributed by atoms with Crippen LogP contribution in [0.5, 0.6) is 0 Å². The summed E-state index contributed by atoms with van der Waals surface area (Å²) in [6.07, 6.45) is 69.6. The maximum Gasteiger partial charge on any atom is 0.306 e. The third-order valence-corrected chi connectivity index (χ3v) is 11.0. The van der Waals surface area contributed by atoms with Gasteiger partial charge >= 0.3 is 17.9 Å². The Labute approximate surface area is 400 Å². The summed E-state index contributed by atoms with van der Waals surface area (Å²) in [5.74, 6) is -0.941. The first-order valence-corrected chi connectivity index (χ1v) is 26.7. The minimum Gasteiger partial charge on any atom is -0.462 e. The summed E-state index contributed by atoms with van der Waals surface area (Å²) in [5.41, 5.74) is 0. The molecule has 0 aliphatic carbocycles. The van der Waals surface area contributed by atoms with Crippen LogP contribution in [-0.4, -0.2) is 37.2 Å². The van der Waals surface area contributed by atoms with Gasteiger partial charge in [0.25, 0.3) is 0 Å². The molecule has 0 rings (SSSR count). The molecule has 0 heterocycles. The molecule has 0 amide bonds. The molecule has 1 unspecified atom stereocenters. The van der Waals surface area contributed by atoms with Crippen LogP contribution in [0.2, 0.25) is 0 Å². The lowest BCUT2D eigenvalue weighted by molar-refractivity contribution is -0.167. The van der Waals surface area contributed by atoms with Gasteiger partial charge in [-0.3, -0.25) is 14.4 Å². The van der Waals surface area contributed by atoms with Crippen LogP contribution in [0.15, 0.2) is 97.2 Å². The molecular formula is C59H98O6. The number of hydrogen-bond acceptors (Lipinski definition) is 6. The molecule has 0 aliphatic rings. The molecule has 0 saturated heterocycles. The van der Waals surface area contributed by atoms with Crippen molar-refractivity contribution in [3.8, 4) is 0 Å². The van der Waals surface area contributed by atoms with E-state index in [4.69, 9.17) is 14.2 Å². The first-order chi connectivity index (χ1) is 32.0. The SMILES string of the molecule is CC/C=C\C/C=C\C/C=C\C/C=C\C/C=C\C/C=C\CCCCCCC(=O)OCC(COC(=O)CCCCCCC/C=C\CCCCC)OC(=O)CCCCCCC/C=C\CCCCC. The van der Waals surface area contributed by atoms with Crippen molar-refractivity contribution in [3.63, 3.8) is 0 Å². The highest BCUT2D eigenvalue weighted by Gasteiger charge is 2.19. The van der Waals surface area contributed by atoms with Crippen molar-refractivity contribution in [2.45, 2.75) is 245 Å². The van der Waals surface area contributed by atoms with Gasteiger partial charge < -0.3 is 14.2 Å². The van der Waals surface area contributed by atoms with Gasteiger partial charge in [-0.25, -0.2) is 0 Å². The van der Waals surface area contributed by atoms with Crippen molar-refractivity contribution < 1.29 is 28.6 Å². The molecule has 65 heavy (non-hydrogen) atoms. The van der Waals surface area contributed by atoms with Crippen molar-refractivity contribution in [2.75, 3.05) is 13.2 Å². The number of unbranched alkanes of at least 4 members (excludes halogenated alkanes) is 20. The van der Waals surface area contributed by atoms with E-state index in [1.54, 1.807) is 0 Å². The van der Waals surface area contributed by atoms with Crippen LogP contribution in [-0.2, 0) is 28.6 Å². The molecule has 0 aliphatic heterocycles. The molecule has 0 spiro atoms. The number of esters is 3. The van der Waals surface area contributed by atoms with Gasteiger partial charge in [0.2, 0.25) is 0 Å². The second-order valence-electron chi connectivity index (χ2n) is 17.4. The van der Waals surface area contributed by atoms with Crippen LogP contribution < -0.4 is 0 Å². The number of rotatable bonds is 47. The fourth-order valence-electron chi connectivity index (χ4n) is 7.02. The molecule has 6 heteroatoms. The van der Waals surface area contributed by atoms with Gasteiger partial charge in [-0.15, -0.1) is 0 Å². The molecule has 0 fully saturated rings. The molecule has 370 valence electrons. The van der Waals surface area contributed by atoms with E-state index in [0.29, 0.717) is 19.3 Å². The average Bonchev–Trinajstić information content (AvgIpc) is 3.30. The zero-order valence-corrected chi connectivity index (χ0v) is 42.2. The van der Waals surface area contributed by atoms with Crippen molar-refractivity contribution in [2.24, 2.45) is 0 Å². The number of allylic oxidation sites excluding steroid dienone is 16. The Morgan fingerprint density at radius 1 is 0.323 bits per heavy atom. The van der Waals surface area contributed by atoms with E-state index in [9.17, 15) is 14.4 Å². The second kappa shape index (κ2) is 52.9. The smallest absolute Gasteiger partial charge is 0.306 e. The minimum atomic E-state index is -0.795. The molecule has 0 aromatic heterocycles. The van der Waals surface area contributed by atoms with E-state index < -0.39 is 6.10 Å². The number of carbonyl (C=O) groups is 3. The molecule has 0 radical (unpaired) electrons. The zero-order valence-electron chi connectivity index (χ0n) is 42.2. The lowest BCUT2D eigenvalue weighted by Crippen LogP contribution is -2.30. The van der Waals surface area contributed by atoms with Gasteiger partial charge in [-0.2, -0.15) is 0 Å². The predicted molar refractivity (Wildman–Crippen MR) is 279 cm³/mol. The Balaban J connectivity index is 4.39. The molecule has 0 aromatic rings. The molecule has 0 N–H and O–H groups in total. The average molecular weight is 903 g/mol. The van der Waals surface area contributed by atoms with E-state index in [1.165, 1.54) is 70.6 Å². The summed E-state index contributed by atoms with van der Waals surface area (Å²) in [5, 5.41) is 0. The molecule has 1 atom stereocenters. The standard InChI is InChI=1S/C59H98O6/c1-4-7-10-13-16-19-22-25-26-27-28-29-30-31-32-33-34-35-38-40-43-46-49-52-58(61)64-55-56(65-59(62)53-50-47-44-41-37-24-21-18-15-12-9-6-3)54-63-57(60)51-48-45-42-39-36-23-20-17-14-11-8-5-2/h7,10,16-21,25-26,28-29,31-32,34-35,56H,4-6,8-9,11-15,22-24,27,30,33,36-55H2,1-3H3/b10-7-,19-16-,20-17-,21-18-,26-25-,29-28-,32-31-,35-34-. The van der Waals surface area contributed by atoms with Crippen molar-refractivity contribution in [1.82, 2.24) is 0 Å². The van der Waals surface area contributed by atoms with E-state index in [2.05, 4.69) is 118 Å². The van der Waals surface area contributed by atoms with Crippen LogP contribution in [0.25, 0.3) is 0 Å². The summed E-state index contributed by atoms with van der Waals surface area (Å²) < 4.78 is 16.8. The molecule has 6 nitrogen and oxygen atoms in total. The maximum absolute atomic E-state index is 12.8. The predicted octanol–water partition coefficient (Wildman–Crippen LogP) is 17.8. The quantitative estimate of drug-likeness (QED) is 0.0262. The number of carbonyl (C=O) groups excluding carboxylic acids is 3. The van der Waals surface area contributed by atoms with E-state index in [0.717, 1.165) is 128 Å². The third kappa shape index (κ3) is 51.2. The maximum atomic E-state index is 12.8.